The fourth-order valence-electron chi connectivity index (χ4n) is 1.58. The van der Waals surface area contributed by atoms with Crippen LogP contribution in [0.25, 0.3) is 0 Å². The summed E-state index contributed by atoms with van der Waals surface area (Å²) in [5.41, 5.74) is 1.47. The largest absolute Gasteiger partial charge is 0.331 e. The van der Waals surface area contributed by atoms with Crippen LogP contribution >= 0.6 is 0 Å². The molecule has 0 aliphatic carbocycles. The van der Waals surface area contributed by atoms with E-state index in [2.05, 4.69) is 29.0 Å². The molecule has 0 bridgehead atoms. The molecular formula is C16H16N2O2. The molecule has 1 rings (SSSR count). The van der Waals surface area contributed by atoms with Gasteiger partial charge in [-0.25, -0.2) is 0 Å². The molecule has 1 aromatic carbocycles. The molecule has 0 unspecified atom stereocenters. The average Bonchev–Trinajstić information content (AvgIpc) is 2.41. The molecule has 102 valence electrons. The highest BCUT2D eigenvalue weighted by Gasteiger charge is 2.10. The highest BCUT2D eigenvalue weighted by atomic mass is 16.2. The van der Waals surface area contributed by atoms with Gasteiger partial charge in [0, 0.05) is 19.3 Å². The third-order valence-corrected chi connectivity index (χ3v) is 2.49. The van der Waals surface area contributed by atoms with Gasteiger partial charge in [-0.15, -0.1) is 0 Å². The Kier molecular flexibility index (Phi) is 5.87. The van der Waals surface area contributed by atoms with Gasteiger partial charge in [-0.3, -0.25) is 9.59 Å². The molecule has 1 aromatic rings. The van der Waals surface area contributed by atoms with Crippen LogP contribution in [-0.4, -0.2) is 23.8 Å². The molecule has 4 heteroatoms. The SMILES string of the molecule is CC#CC(=O)Nc1ccccc1CN(C)C(=O)C#CC. The van der Waals surface area contributed by atoms with Crippen LogP contribution < -0.4 is 5.32 Å². The van der Waals surface area contributed by atoms with Crippen molar-refractivity contribution in [1.82, 2.24) is 4.90 Å². The van der Waals surface area contributed by atoms with E-state index >= 15 is 0 Å². The van der Waals surface area contributed by atoms with Crippen molar-refractivity contribution in [3.8, 4) is 23.7 Å². The number of carbonyl (C=O) groups excluding carboxylic acids is 2. The summed E-state index contributed by atoms with van der Waals surface area (Å²) >= 11 is 0. The van der Waals surface area contributed by atoms with E-state index in [1.165, 1.54) is 4.90 Å². The summed E-state index contributed by atoms with van der Waals surface area (Å²) in [5, 5.41) is 2.70. The normalized spacial score (nSPS) is 8.55. The first-order chi connectivity index (χ1) is 9.58. The van der Waals surface area contributed by atoms with Gasteiger partial charge in [0.15, 0.2) is 0 Å². The molecular weight excluding hydrogens is 252 g/mol. The van der Waals surface area contributed by atoms with Gasteiger partial charge >= 0.3 is 0 Å². The van der Waals surface area contributed by atoms with Crippen molar-refractivity contribution < 1.29 is 9.59 Å². The molecule has 0 heterocycles. The van der Waals surface area contributed by atoms with Crippen LogP contribution in [0.4, 0.5) is 5.69 Å². The van der Waals surface area contributed by atoms with Crippen LogP contribution in [0.15, 0.2) is 24.3 Å². The van der Waals surface area contributed by atoms with Gasteiger partial charge in [-0.1, -0.05) is 30.0 Å². The van der Waals surface area contributed by atoms with Crippen LogP contribution in [0, 0.1) is 23.7 Å². The zero-order valence-electron chi connectivity index (χ0n) is 11.8. The number of carbonyl (C=O) groups is 2. The summed E-state index contributed by atoms with van der Waals surface area (Å²) < 4.78 is 0. The van der Waals surface area contributed by atoms with Crippen LogP contribution in [0.1, 0.15) is 19.4 Å². The molecule has 20 heavy (non-hydrogen) atoms. The van der Waals surface area contributed by atoms with E-state index in [0.717, 1.165) is 5.56 Å². The molecule has 1 N–H and O–H groups in total. The minimum absolute atomic E-state index is 0.262. The number of nitrogens with zero attached hydrogens (tertiary/aromatic N) is 1. The maximum absolute atomic E-state index is 11.6. The first kappa shape index (κ1) is 15.3. The first-order valence-electron chi connectivity index (χ1n) is 6.08. The van der Waals surface area contributed by atoms with Gasteiger partial charge in [0.05, 0.1) is 0 Å². The first-order valence-corrected chi connectivity index (χ1v) is 6.08. The molecule has 0 saturated heterocycles. The number of hydrogen-bond donors (Lipinski definition) is 1. The molecule has 0 spiro atoms. The lowest BCUT2D eigenvalue weighted by molar-refractivity contribution is -0.124. The number of hydrogen-bond acceptors (Lipinski definition) is 2. The summed E-state index contributed by atoms with van der Waals surface area (Å²) in [4.78, 5) is 24.6. The van der Waals surface area contributed by atoms with Gasteiger partial charge in [0.2, 0.25) is 0 Å². The van der Waals surface area contributed by atoms with E-state index in [-0.39, 0.29) is 11.8 Å². The van der Waals surface area contributed by atoms with Gasteiger partial charge in [0.25, 0.3) is 11.8 Å². The lowest BCUT2D eigenvalue weighted by Gasteiger charge is -2.16. The highest BCUT2D eigenvalue weighted by molar-refractivity contribution is 6.04. The zero-order chi connectivity index (χ0) is 15.0. The number of benzene rings is 1. The van der Waals surface area contributed by atoms with Gasteiger partial charge in [-0.2, -0.15) is 0 Å². The monoisotopic (exact) mass is 268 g/mol. The predicted octanol–water partition coefficient (Wildman–Crippen LogP) is 1.63. The lowest BCUT2D eigenvalue weighted by atomic mass is 10.1. The molecule has 0 fully saturated rings. The fourth-order valence-corrected chi connectivity index (χ4v) is 1.58. The van der Waals surface area contributed by atoms with Crippen molar-refractivity contribution in [3.05, 3.63) is 29.8 Å². The average molecular weight is 268 g/mol. The van der Waals surface area contributed by atoms with E-state index in [9.17, 15) is 9.59 Å². The lowest BCUT2D eigenvalue weighted by Crippen LogP contribution is -2.25. The van der Waals surface area contributed by atoms with Crippen LogP contribution in [-0.2, 0) is 16.1 Å². The maximum atomic E-state index is 11.6. The maximum Gasteiger partial charge on any atom is 0.300 e. The van der Waals surface area contributed by atoms with Gasteiger partial charge in [-0.05, 0) is 37.3 Å². The third kappa shape index (κ3) is 4.51. The highest BCUT2D eigenvalue weighted by Crippen LogP contribution is 2.16. The predicted molar refractivity (Wildman–Crippen MR) is 78.4 cm³/mol. The fraction of sp³-hybridized carbons (Fsp3) is 0.250. The minimum Gasteiger partial charge on any atom is -0.331 e. The second-order valence-corrected chi connectivity index (χ2v) is 4.02. The van der Waals surface area contributed by atoms with Crippen LogP contribution in [0.3, 0.4) is 0 Å². The van der Waals surface area contributed by atoms with Crippen molar-refractivity contribution in [2.45, 2.75) is 20.4 Å². The van der Waals surface area contributed by atoms with E-state index in [0.29, 0.717) is 12.2 Å². The Bertz CT molecular complexity index is 627. The quantitative estimate of drug-likeness (QED) is 0.847. The van der Waals surface area contributed by atoms with Crippen molar-refractivity contribution in [3.63, 3.8) is 0 Å². The second-order valence-electron chi connectivity index (χ2n) is 4.02. The van der Waals surface area contributed by atoms with Crippen molar-refractivity contribution in [1.29, 1.82) is 0 Å². The Morgan fingerprint density at radius 3 is 2.45 bits per heavy atom. The Balaban J connectivity index is 2.88. The van der Waals surface area contributed by atoms with Gasteiger partial charge < -0.3 is 10.2 Å². The van der Waals surface area contributed by atoms with Crippen molar-refractivity contribution in [2.24, 2.45) is 0 Å². The van der Waals surface area contributed by atoms with Crippen LogP contribution in [0.5, 0.6) is 0 Å². The number of nitrogens with one attached hydrogen (secondary N) is 1. The number of amides is 2. The summed E-state index contributed by atoms with van der Waals surface area (Å²) in [7, 11) is 1.66. The Morgan fingerprint density at radius 1 is 1.15 bits per heavy atom. The number of anilines is 1. The van der Waals surface area contributed by atoms with Crippen molar-refractivity contribution in [2.75, 3.05) is 12.4 Å². The Hall–Kier alpha value is -2.72. The van der Waals surface area contributed by atoms with E-state index in [4.69, 9.17) is 0 Å². The van der Waals surface area contributed by atoms with Crippen molar-refractivity contribution >= 4 is 17.5 Å². The molecule has 0 aliphatic heterocycles. The summed E-state index contributed by atoms with van der Waals surface area (Å²) in [6.07, 6.45) is 0. The second kappa shape index (κ2) is 7.66. The Morgan fingerprint density at radius 2 is 1.80 bits per heavy atom. The van der Waals surface area contributed by atoms with Crippen LogP contribution in [0.2, 0.25) is 0 Å². The summed E-state index contributed by atoms with van der Waals surface area (Å²) in [5.74, 6) is 9.36. The summed E-state index contributed by atoms with van der Waals surface area (Å²) in [6, 6.07) is 7.28. The summed E-state index contributed by atoms with van der Waals surface area (Å²) in [6.45, 7) is 3.58. The molecule has 0 aliphatic rings. The third-order valence-electron chi connectivity index (χ3n) is 2.49. The van der Waals surface area contributed by atoms with E-state index in [1.54, 1.807) is 27.0 Å². The smallest absolute Gasteiger partial charge is 0.300 e. The van der Waals surface area contributed by atoms with Gasteiger partial charge in [0.1, 0.15) is 0 Å². The number of para-hydroxylation sites is 1. The molecule has 0 saturated carbocycles. The molecule has 4 nitrogen and oxygen atoms in total. The number of rotatable bonds is 3. The molecule has 2 amide bonds. The molecule has 0 aromatic heterocycles. The van der Waals surface area contributed by atoms with E-state index in [1.807, 2.05) is 18.2 Å². The standard InChI is InChI=1S/C16H16N2O2/c1-4-8-15(19)17-14-11-7-6-10-13(14)12-18(3)16(20)9-5-2/h6-7,10-11H,12H2,1-3H3,(H,17,19). The Labute approximate surface area is 119 Å². The molecule has 0 radical (unpaired) electrons. The zero-order valence-corrected chi connectivity index (χ0v) is 11.8. The minimum atomic E-state index is -0.373. The van der Waals surface area contributed by atoms with E-state index < -0.39 is 0 Å². The topological polar surface area (TPSA) is 49.4 Å². The molecule has 0 atom stereocenters.